The number of aromatic nitrogens is 3. The average Bonchev–Trinajstić information content (AvgIpc) is 3.15. The Morgan fingerprint density at radius 2 is 1.81 bits per heavy atom. The second-order valence-corrected chi connectivity index (χ2v) is 9.08. The van der Waals surface area contributed by atoms with Gasteiger partial charge >= 0.3 is 6.09 Å². The van der Waals surface area contributed by atoms with Crippen molar-refractivity contribution in [2.45, 2.75) is 58.2 Å². The number of likely N-dealkylation sites (N-methyl/N-ethyl adjacent to an activating group) is 1. The van der Waals surface area contributed by atoms with Gasteiger partial charge in [-0.15, -0.1) is 10.2 Å². The first-order chi connectivity index (χ1) is 14.6. The van der Waals surface area contributed by atoms with E-state index in [1.54, 1.807) is 16.8 Å². The molecule has 0 aliphatic carbocycles. The fourth-order valence-electron chi connectivity index (χ4n) is 3.89. The Bertz CT molecular complexity index is 851. The summed E-state index contributed by atoms with van der Waals surface area (Å²) < 4.78 is 7.56. The molecule has 0 radical (unpaired) electrons. The topological polar surface area (TPSA) is 101 Å². The molecule has 0 aromatic carbocycles. The lowest BCUT2D eigenvalue weighted by atomic mass is 9.95. The van der Waals surface area contributed by atoms with Crippen molar-refractivity contribution in [1.82, 2.24) is 29.5 Å². The summed E-state index contributed by atoms with van der Waals surface area (Å²) in [6, 6.07) is 0. The highest BCUT2D eigenvalue weighted by molar-refractivity contribution is 5.90. The SMILES string of the molecule is C=CC(=O)N(C)CC(=O)N1CCC(c2nnc3n2CCN(C(=O)OC(C)(C)C)C3)CC1. The quantitative estimate of drug-likeness (QED) is 0.667. The van der Waals surface area contributed by atoms with Gasteiger partial charge in [-0.1, -0.05) is 6.58 Å². The number of rotatable bonds is 4. The summed E-state index contributed by atoms with van der Waals surface area (Å²) in [5.41, 5.74) is -0.535. The third kappa shape index (κ3) is 5.42. The van der Waals surface area contributed by atoms with Crippen molar-refractivity contribution in [3.05, 3.63) is 24.3 Å². The molecular weight excluding hydrogens is 400 g/mol. The molecule has 0 atom stereocenters. The minimum atomic E-state index is -0.535. The summed E-state index contributed by atoms with van der Waals surface area (Å²) in [4.78, 5) is 41.2. The lowest BCUT2D eigenvalue weighted by molar-refractivity contribution is -0.138. The van der Waals surface area contributed by atoms with Gasteiger partial charge in [0.1, 0.15) is 11.4 Å². The molecule has 0 spiro atoms. The molecule has 0 bridgehead atoms. The molecule has 1 fully saturated rings. The first-order valence-corrected chi connectivity index (χ1v) is 10.6. The maximum atomic E-state index is 12.5. The predicted molar refractivity (Wildman–Crippen MR) is 113 cm³/mol. The van der Waals surface area contributed by atoms with E-state index in [2.05, 4.69) is 21.3 Å². The van der Waals surface area contributed by atoms with Crippen LogP contribution < -0.4 is 0 Å². The number of carbonyl (C=O) groups excluding carboxylic acids is 3. The Balaban J connectivity index is 1.56. The van der Waals surface area contributed by atoms with Gasteiger partial charge in [0.15, 0.2) is 5.82 Å². The highest BCUT2D eigenvalue weighted by atomic mass is 16.6. The number of nitrogens with zero attached hydrogens (tertiary/aromatic N) is 6. The molecule has 3 heterocycles. The highest BCUT2D eigenvalue weighted by Crippen LogP contribution is 2.29. The van der Waals surface area contributed by atoms with Crippen LogP contribution in [0, 0.1) is 0 Å². The van der Waals surface area contributed by atoms with Crippen LogP contribution in [0.1, 0.15) is 51.2 Å². The van der Waals surface area contributed by atoms with E-state index in [1.165, 1.54) is 11.0 Å². The van der Waals surface area contributed by atoms with Crippen molar-refractivity contribution < 1.29 is 19.1 Å². The second kappa shape index (κ2) is 9.07. The molecule has 3 rings (SSSR count). The van der Waals surface area contributed by atoms with Crippen LogP contribution in [0.2, 0.25) is 0 Å². The molecule has 31 heavy (non-hydrogen) atoms. The van der Waals surface area contributed by atoms with Crippen molar-refractivity contribution in [1.29, 1.82) is 0 Å². The molecule has 10 nitrogen and oxygen atoms in total. The maximum Gasteiger partial charge on any atom is 0.410 e. The predicted octanol–water partition coefficient (Wildman–Crippen LogP) is 1.38. The van der Waals surface area contributed by atoms with Crippen LogP contribution in [-0.4, -0.2) is 86.2 Å². The summed E-state index contributed by atoms with van der Waals surface area (Å²) in [6.07, 6.45) is 2.45. The summed E-state index contributed by atoms with van der Waals surface area (Å²) in [5.74, 6) is 1.57. The van der Waals surface area contributed by atoms with Gasteiger partial charge in [-0.25, -0.2) is 4.79 Å². The molecule has 10 heteroatoms. The van der Waals surface area contributed by atoms with E-state index in [0.717, 1.165) is 24.5 Å². The molecule has 0 N–H and O–H groups in total. The van der Waals surface area contributed by atoms with Crippen LogP contribution in [-0.2, 0) is 27.4 Å². The zero-order valence-corrected chi connectivity index (χ0v) is 18.8. The second-order valence-electron chi connectivity index (χ2n) is 9.08. The molecule has 0 saturated carbocycles. The molecule has 1 aromatic rings. The van der Waals surface area contributed by atoms with E-state index in [0.29, 0.717) is 32.7 Å². The van der Waals surface area contributed by atoms with E-state index in [1.807, 2.05) is 20.8 Å². The first kappa shape index (κ1) is 22.8. The van der Waals surface area contributed by atoms with Crippen LogP contribution in [0.5, 0.6) is 0 Å². The van der Waals surface area contributed by atoms with Crippen molar-refractivity contribution >= 4 is 17.9 Å². The number of piperidine rings is 1. The van der Waals surface area contributed by atoms with E-state index in [-0.39, 0.29) is 30.4 Å². The van der Waals surface area contributed by atoms with Gasteiger partial charge in [0.2, 0.25) is 11.8 Å². The monoisotopic (exact) mass is 432 g/mol. The largest absolute Gasteiger partial charge is 0.444 e. The summed E-state index contributed by atoms with van der Waals surface area (Å²) in [5, 5.41) is 8.72. The van der Waals surface area contributed by atoms with Crippen LogP contribution >= 0.6 is 0 Å². The molecule has 2 aliphatic heterocycles. The average molecular weight is 433 g/mol. The number of ether oxygens (including phenoxy) is 1. The summed E-state index contributed by atoms with van der Waals surface area (Å²) >= 11 is 0. The van der Waals surface area contributed by atoms with E-state index >= 15 is 0 Å². The molecule has 1 saturated heterocycles. The van der Waals surface area contributed by atoms with Crippen LogP contribution in [0.4, 0.5) is 4.79 Å². The van der Waals surface area contributed by atoms with Gasteiger partial charge < -0.3 is 19.1 Å². The van der Waals surface area contributed by atoms with Gasteiger partial charge in [0.25, 0.3) is 0 Å². The molecule has 2 aliphatic rings. The Morgan fingerprint density at radius 3 is 2.42 bits per heavy atom. The van der Waals surface area contributed by atoms with Crippen LogP contribution in [0.3, 0.4) is 0 Å². The van der Waals surface area contributed by atoms with Gasteiger partial charge in [-0.3, -0.25) is 14.5 Å². The van der Waals surface area contributed by atoms with E-state index in [4.69, 9.17) is 4.74 Å². The lowest BCUT2D eigenvalue weighted by Crippen LogP contribution is -2.44. The fraction of sp³-hybridized carbons (Fsp3) is 0.667. The summed E-state index contributed by atoms with van der Waals surface area (Å²) in [6.45, 7) is 11.8. The Morgan fingerprint density at radius 1 is 1.13 bits per heavy atom. The maximum absolute atomic E-state index is 12.5. The molecule has 3 amide bonds. The van der Waals surface area contributed by atoms with Crippen molar-refractivity contribution in [3.63, 3.8) is 0 Å². The van der Waals surface area contributed by atoms with Gasteiger partial charge in [-0.05, 0) is 39.7 Å². The Hall–Kier alpha value is -2.91. The van der Waals surface area contributed by atoms with Gasteiger partial charge in [0, 0.05) is 39.1 Å². The highest BCUT2D eigenvalue weighted by Gasteiger charge is 2.32. The third-order valence-corrected chi connectivity index (χ3v) is 5.57. The number of fused-ring (bicyclic) bond motifs is 1. The molecular formula is C21H32N6O4. The Kier molecular flexibility index (Phi) is 6.66. The van der Waals surface area contributed by atoms with Crippen molar-refractivity contribution in [2.24, 2.45) is 0 Å². The van der Waals surface area contributed by atoms with Crippen LogP contribution in [0.25, 0.3) is 0 Å². The zero-order chi connectivity index (χ0) is 22.8. The fourth-order valence-corrected chi connectivity index (χ4v) is 3.89. The van der Waals surface area contributed by atoms with Gasteiger partial charge in [-0.2, -0.15) is 0 Å². The van der Waals surface area contributed by atoms with Crippen LogP contribution in [0.15, 0.2) is 12.7 Å². The Labute approximate surface area is 182 Å². The number of carbonyl (C=O) groups is 3. The smallest absolute Gasteiger partial charge is 0.410 e. The minimum absolute atomic E-state index is 0.0519. The number of hydrogen-bond acceptors (Lipinski definition) is 6. The third-order valence-electron chi connectivity index (χ3n) is 5.57. The molecule has 0 unspecified atom stereocenters. The first-order valence-electron chi connectivity index (χ1n) is 10.6. The number of amides is 3. The van der Waals surface area contributed by atoms with E-state index < -0.39 is 5.60 Å². The number of likely N-dealkylation sites (tertiary alicyclic amines) is 1. The zero-order valence-electron chi connectivity index (χ0n) is 18.8. The van der Waals surface area contributed by atoms with E-state index in [9.17, 15) is 14.4 Å². The van der Waals surface area contributed by atoms with Crippen molar-refractivity contribution in [2.75, 3.05) is 33.2 Å². The normalized spacial score (nSPS) is 17.2. The van der Waals surface area contributed by atoms with Crippen molar-refractivity contribution in [3.8, 4) is 0 Å². The minimum Gasteiger partial charge on any atom is -0.444 e. The summed E-state index contributed by atoms with van der Waals surface area (Å²) in [7, 11) is 1.59. The molecule has 1 aromatic heterocycles. The standard InChI is InChI=1S/C21H32N6O4/c1-6-17(28)24(5)14-18(29)25-9-7-15(8-10-25)19-23-22-16-13-26(11-12-27(16)19)20(30)31-21(2,3)4/h6,15H,1,7-14H2,2-5H3. The van der Waals surface area contributed by atoms with Gasteiger partial charge in [0.05, 0.1) is 13.1 Å². The number of hydrogen-bond donors (Lipinski definition) is 0. The lowest BCUT2D eigenvalue weighted by Gasteiger charge is -2.34. The molecule has 170 valence electrons.